The van der Waals surface area contributed by atoms with E-state index in [-0.39, 0.29) is 28.8 Å². The van der Waals surface area contributed by atoms with Crippen LogP contribution >= 0.6 is 0 Å². The average molecular weight is 661 g/mol. The average Bonchev–Trinajstić information content (AvgIpc) is 3.03. The smallest absolute Gasteiger partial charge is 0.337 e. The van der Waals surface area contributed by atoms with Crippen molar-refractivity contribution in [3.05, 3.63) is 22.8 Å². The van der Waals surface area contributed by atoms with Gasteiger partial charge >= 0.3 is 11.9 Å². The minimum Gasteiger partial charge on any atom is -0.481 e. The highest BCUT2D eigenvalue weighted by molar-refractivity contribution is 5.82. The molecule has 264 valence electrons. The summed E-state index contributed by atoms with van der Waals surface area (Å²) in [4.78, 5) is 25.3. The lowest BCUT2D eigenvalue weighted by Crippen LogP contribution is -2.66. The van der Waals surface area contributed by atoms with Gasteiger partial charge in [0, 0.05) is 5.41 Å². The van der Waals surface area contributed by atoms with Crippen LogP contribution in [0.3, 0.4) is 0 Å². The van der Waals surface area contributed by atoms with E-state index in [1.807, 2.05) is 6.92 Å². The Bertz CT molecular complexity index is 1360. The van der Waals surface area contributed by atoms with Gasteiger partial charge in [0.05, 0.1) is 25.2 Å². The van der Waals surface area contributed by atoms with E-state index in [4.69, 9.17) is 14.2 Å². The van der Waals surface area contributed by atoms with E-state index in [9.17, 15) is 35.1 Å². The number of carboxylic acids is 1. The number of aliphatic hydroxyl groups is 4. The maximum Gasteiger partial charge on any atom is 0.337 e. The van der Waals surface area contributed by atoms with Crippen LogP contribution in [-0.4, -0.2) is 88.0 Å². The predicted octanol–water partition coefficient (Wildman–Crippen LogP) is 4.13. The van der Waals surface area contributed by atoms with Crippen LogP contribution in [0.1, 0.15) is 99.3 Å². The number of methoxy groups -OCH3 is 1. The van der Waals surface area contributed by atoms with Crippen molar-refractivity contribution in [2.45, 2.75) is 136 Å². The largest absolute Gasteiger partial charge is 0.481 e. The predicted molar refractivity (Wildman–Crippen MR) is 172 cm³/mol. The third-order valence-corrected chi connectivity index (χ3v) is 15.2. The molecule has 0 bridgehead atoms. The fourth-order valence-corrected chi connectivity index (χ4v) is 11.9. The van der Waals surface area contributed by atoms with Crippen LogP contribution in [0.25, 0.3) is 0 Å². The molecule has 1 saturated heterocycles. The Kier molecular flexibility index (Phi) is 8.66. The monoisotopic (exact) mass is 660 g/mol. The van der Waals surface area contributed by atoms with Gasteiger partial charge in [-0.15, -0.1) is 0 Å². The van der Waals surface area contributed by atoms with Crippen molar-refractivity contribution in [1.29, 1.82) is 0 Å². The highest BCUT2D eigenvalue weighted by Gasteiger charge is 2.69. The van der Waals surface area contributed by atoms with Gasteiger partial charge in [-0.2, -0.15) is 0 Å². The fourth-order valence-electron chi connectivity index (χ4n) is 11.9. The number of hydrogen-bond acceptors (Lipinski definition) is 9. The first kappa shape index (κ1) is 35.0. The summed E-state index contributed by atoms with van der Waals surface area (Å²) in [7, 11) is 1.15. The summed E-state index contributed by atoms with van der Waals surface area (Å²) in [6.07, 6.45) is 1.08. The van der Waals surface area contributed by atoms with Crippen molar-refractivity contribution < 1.29 is 49.3 Å². The summed E-state index contributed by atoms with van der Waals surface area (Å²) in [5, 5.41) is 53.5. The summed E-state index contributed by atoms with van der Waals surface area (Å²) in [5.41, 5.74) is 1.67. The van der Waals surface area contributed by atoms with E-state index in [1.165, 1.54) is 11.1 Å². The molecule has 0 aromatic heterocycles. The number of carboxylic acid groups (broad SMARTS) is 1. The standard InChI is InChI=1S/C37H56O10/c1-19-10-15-37(32(43)44)17-16-35(5)21(25(37)20(19)2)8-9-23-33(3)13-12-24(34(4,18-38)22(33)11-14-36(23,35)6)46-31-28(41)26(39)27(40)29(47-31)30(42)45-7/h8,19,22-24,26-29,31,38-41H,9-18H2,1-7H3,(H,43,44)/t19-,22+,23+,24-,26-,27-,28+,29-,31+,33-,34-,35+,36+,37-/m0/s1. The molecule has 0 aromatic rings. The van der Waals surface area contributed by atoms with Crippen LogP contribution in [0, 0.1) is 44.8 Å². The van der Waals surface area contributed by atoms with Gasteiger partial charge in [-0.05, 0) is 110 Å². The molecule has 3 saturated carbocycles. The van der Waals surface area contributed by atoms with Crippen LogP contribution in [0.15, 0.2) is 22.8 Å². The van der Waals surface area contributed by atoms with Crippen LogP contribution in [0.4, 0.5) is 0 Å². The molecule has 10 heteroatoms. The van der Waals surface area contributed by atoms with E-state index in [2.05, 4.69) is 40.7 Å². The van der Waals surface area contributed by atoms with Gasteiger partial charge in [0.25, 0.3) is 0 Å². The number of esters is 1. The zero-order chi connectivity index (χ0) is 34.5. The number of carbonyl (C=O) groups excluding carboxylic acids is 1. The lowest BCUT2D eigenvalue weighted by Gasteiger charge is -2.70. The normalized spacial score (nSPS) is 51.1. The number of rotatable bonds is 5. The van der Waals surface area contributed by atoms with Crippen molar-refractivity contribution in [3.8, 4) is 0 Å². The number of carbonyl (C=O) groups is 2. The molecule has 14 atom stereocenters. The summed E-state index contributed by atoms with van der Waals surface area (Å²) in [5.74, 6) is -0.835. The van der Waals surface area contributed by atoms with Crippen LogP contribution < -0.4 is 0 Å². The molecule has 0 amide bonds. The number of aliphatic hydroxyl groups excluding tert-OH is 4. The Hall–Kier alpha value is -1.82. The molecule has 0 radical (unpaired) electrons. The van der Waals surface area contributed by atoms with Crippen LogP contribution in [0.2, 0.25) is 0 Å². The molecule has 0 aromatic carbocycles. The maximum absolute atomic E-state index is 13.0. The zero-order valence-electron chi connectivity index (χ0n) is 29.1. The molecule has 4 fully saturated rings. The molecule has 0 unspecified atom stereocenters. The maximum atomic E-state index is 13.0. The minimum atomic E-state index is -1.67. The number of aliphatic carboxylic acids is 1. The molecular formula is C37H56O10. The van der Waals surface area contributed by atoms with Crippen LogP contribution in [-0.2, 0) is 23.8 Å². The van der Waals surface area contributed by atoms with E-state index >= 15 is 0 Å². The first-order valence-corrected chi connectivity index (χ1v) is 17.7. The molecular weight excluding hydrogens is 604 g/mol. The SMILES string of the molecule is COC(=O)[C@H]1O[C@@H](O[C@H]2CC[C@@]3(C)[C@@H](CC[C@]4(C)[C@@H]3CC=C3C5=C(C)[C@@H](C)CC[C@]5(C(=O)O)CC[C@]34C)[C@]2(C)CO)[C@H](O)[C@@H](O)[C@@H]1O. The highest BCUT2D eigenvalue weighted by Crippen LogP contribution is 2.75. The van der Waals surface area contributed by atoms with E-state index < -0.39 is 59.6 Å². The van der Waals surface area contributed by atoms with Gasteiger partial charge in [-0.3, -0.25) is 4.79 Å². The van der Waals surface area contributed by atoms with E-state index in [1.54, 1.807) is 0 Å². The summed E-state index contributed by atoms with van der Waals surface area (Å²) >= 11 is 0. The zero-order valence-corrected chi connectivity index (χ0v) is 29.1. The molecule has 5 aliphatic carbocycles. The summed E-state index contributed by atoms with van der Waals surface area (Å²) < 4.78 is 16.8. The fraction of sp³-hybridized carbons (Fsp3) is 0.838. The van der Waals surface area contributed by atoms with Gasteiger partial charge < -0.3 is 39.7 Å². The molecule has 1 aliphatic heterocycles. The second-order valence-corrected chi connectivity index (χ2v) is 16.9. The first-order valence-electron chi connectivity index (χ1n) is 17.7. The Morgan fingerprint density at radius 1 is 0.936 bits per heavy atom. The lowest BCUT2D eigenvalue weighted by molar-refractivity contribution is -0.327. The van der Waals surface area contributed by atoms with Gasteiger partial charge in [0.15, 0.2) is 12.4 Å². The van der Waals surface area contributed by atoms with Gasteiger partial charge in [-0.25, -0.2) is 4.79 Å². The third-order valence-electron chi connectivity index (χ3n) is 15.2. The van der Waals surface area contributed by atoms with Crippen LogP contribution in [0.5, 0.6) is 0 Å². The number of fused-ring (bicyclic) bond motifs is 7. The molecule has 47 heavy (non-hydrogen) atoms. The van der Waals surface area contributed by atoms with Gasteiger partial charge in [0.1, 0.15) is 18.3 Å². The molecule has 5 N–H and O–H groups in total. The number of allylic oxidation sites excluding steroid dienone is 3. The third kappa shape index (κ3) is 4.64. The van der Waals surface area contributed by atoms with Crippen molar-refractivity contribution >= 4 is 11.9 Å². The molecule has 6 rings (SSSR count). The molecule has 6 aliphatic rings. The topological polar surface area (TPSA) is 163 Å². The van der Waals surface area contributed by atoms with E-state index in [0.29, 0.717) is 31.1 Å². The van der Waals surface area contributed by atoms with E-state index in [0.717, 1.165) is 51.2 Å². The molecule has 10 nitrogen and oxygen atoms in total. The summed E-state index contributed by atoms with van der Waals surface area (Å²) in [6, 6.07) is 0. The van der Waals surface area contributed by atoms with Crippen molar-refractivity contribution in [2.75, 3.05) is 13.7 Å². The second-order valence-electron chi connectivity index (χ2n) is 16.9. The van der Waals surface area contributed by atoms with Crippen molar-refractivity contribution in [1.82, 2.24) is 0 Å². The van der Waals surface area contributed by atoms with Crippen molar-refractivity contribution in [2.24, 2.45) is 44.8 Å². The number of hydrogen-bond donors (Lipinski definition) is 5. The molecule has 0 spiro atoms. The van der Waals surface area contributed by atoms with Gasteiger partial charge in [-0.1, -0.05) is 46.3 Å². The first-order chi connectivity index (χ1) is 22.0. The number of ether oxygens (including phenoxy) is 3. The minimum absolute atomic E-state index is 0.0698. The summed E-state index contributed by atoms with van der Waals surface area (Å²) in [6.45, 7) is 13.5. The molecule has 1 heterocycles. The van der Waals surface area contributed by atoms with Crippen molar-refractivity contribution in [3.63, 3.8) is 0 Å². The second kappa shape index (κ2) is 11.6. The lowest BCUT2D eigenvalue weighted by atomic mass is 9.34. The Labute approximate surface area is 278 Å². The Morgan fingerprint density at radius 3 is 2.28 bits per heavy atom. The quantitative estimate of drug-likeness (QED) is 0.214. The Balaban J connectivity index is 1.33. The highest BCUT2D eigenvalue weighted by atomic mass is 16.7. The van der Waals surface area contributed by atoms with Gasteiger partial charge in [0.2, 0.25) is 0 Å². The Morgan fingerprint density at radius 2 is 1.64 bits per heavy atom.